The summed E-state index contributed by atoms with van der Waals surface area (Å²) < 4.78 is 23.3. The molecule has 43 heavy (non-hydrogen) atoms. The third-order valence-corrected chi connectivity index (χ3v) is 8.20. The highest BCUT2D eigenvalue weighted by Crippen LogP contribution is 2.46. The molecule has 2 heterocycles. The van der Waals surface area contributed by atoms with Crippen LogP contribution in [-0.2, 0) is 9.59 Å². The lowest BCUT2D eigenvalue weighted by molar-refractivity contribution is -0.132. The lowest BCUT2D eigenvalue weighted by atomic mass is 9.95. The molecule has 4 aromatic rings. The van der Waals surface area contributed by atoms with E-state index >= 15 is 0 Å². The molecule has 1 aliphatic heterocycles. The number of amides is 1. The van der Waals surface area contributed by atoms with Gasteiger partial charge < -0.3 is 24.1 Å². The average molecular weight is 603 g/mol. The van der Waals surface area contributed by atoms with E-state index in [0.717, 1.165) is 24.0 Å². The van der Waals surface area contributed by atoms with Gasteiger partial charge in [0.15, 0.2) is 16.6 Å². The number of aliphatic hydroxyl groups excluding tert-OH is 1. The molecule has 0 aliphatic carbocycles. The molecule has 0 bridgehead atoms. The number of unbranched alkanes of at least 4 members (excludes halogenated alkanes) is 2. The van der Waals surface area contributed by atoms with Crippen LogP contribution in [-0.4, -0.2) is 49.2 Å². The van der Waals surface area contributed by atoms with E-state index in [1.54, 1.807) is 61.7 Å². The molecule has 5 rings (SSSR count). The number of ether oxygens (including phenoxy) is 4. The van der Waals surface area contributed by atoms with Gasteiger partial charge in [0.05, 0.1) is 49.3 Å². The van der Waals surface area contributed by atoms with Crippen LogP contribution in [0.3, 0.4) is 0 Å². The van der Waals surface area contributed by atoms with Crippen molar-refractivity contribution in [2.75, 3.05) is 32.3 Å². The number of fused-ring (bicyclic) bond motifs is 1. The number of carbonyl (C=O) groups is 2. The number of benzene rings is 3. The van der Waals surface area contributed by atoms with Crippen LogP contribution in [0.15, 0.2) is 66.2 Å². The molecule has 1 N–H and O–H groups in total. The SMILES string of the molecule is CCCCCOc1ccc(C2/C(=C(\O)c3ccc(OCC)cc3)C(=O)C(=O)N2c2nc3ccc(OC)cc3s2)cc1OC. The molecule has 1 saturated heterocycles. The molecule has 224 valence electrons. The quantitative estimate of drug-likeness (QED) is 0.0807. The smallest absolute Gasteiger partial charge is 0.301 e. The monoisotopic (exact) mass is 602 g/mol. The topological polar surface area (TPSA) is 107 Å². The predicted molar refractivity (Wildman–Crippen MR) is 167 cm³/mol. The molecule has 0 radical (unpaired) electrons. The largest absolute Gasteiger partial charge is 0.507 e. The Balaban J connectivity index is 1.63. The van der Waals surface area contributed by atoms with Gasteiger partial charge in [0.2, 0.25) is 0 Å². The molecule has 1 atom stereocenters. The van der Waals surface area contributed by atoms with Gasteiger partial charge >= 0.3 is 5.91 Å². The van der Waals surface area contributed by atoms with Gasteiger partial charge in [-0.2, -0.15) is 0 Å². The molecule has 9 nitrogen and oxygen atoms in total. The van der Waals surface area contributed by atoms with Crippen molar-refractivity contribution in [3.05, 3.63) is 77.4 Å². The van der Waals surface area contributed by atoms with Crippen LogP contribution in [0.2, 0.25) is 0 Å². The lowest BCUT2D eigenvalue weighted by Crippen LogP contribution is -2.29. The molecule has 1 fully saturated rings. The minimum Gasteiger partial charge on any atom is -0.507 e. The van der Waals surface area contributed by atoms with Crippen molar-refractivity contribution in [1.29, 1.82) is 0 Å². The summed E-state index contributed by atoms with van der Waals surface area (Å²) in [7, 11) is 3.11. The number of aliphatic hydroxyl groups is 1. The summed E-state index contributed by atoms with van der Waals surface area (Å²) in [5.41, 5.74) is 1.54. The second kappa shape index (κ2) is 13.2. The van der Waals surface area contributed by atoms with Crippen molar-refractivity contribution in [3.8, 4) is 23.0 Å². The van der Waals surface area contributed by atoms with Crippen molar-refractivity contribution < 1.29 is 33.6 Å². The van der Waals surface area contributed by atoms with Gasteiger partial charge in [-0.25, -0.2) is 4.98 Å². The molecular weight excluding hydrogens is 568 g/mol. The molecule has 1 amide bonds. The maximum atomic E-state index is 13.7. The van der Waals surface area contributed by atoms with Gasteiger partial charge in [0, 0.05) is 5.56 Å². The molecule has 1 unspecified atom stereocenters. The van der Waals surface area contributed by atoms with Crippen LogP contribution in [0.5, 0.6) is 23.0 Å². The fourth-order valence-corrected chi connectivity index (χ4v) is 6.03. The highest BCUT2D eigenvalue weighted by atomic mass is 32.1. The fraction of sp³-hybridized carbons (Fsp3) is 0.303. The molecule has 1 aliphatic rings. The maximum absolute atomic E-state index is 13.7. The zero-order valence-corrected chi connectivity index (χ0v) is 25.4. The molecule has 0 saturated carbocycles. The van der Waals surface area contributed by atoms with Crippen LogP contribution in [0.1, 0.15) is 50.3 Å². The summed E-state index contributed by atoms with van der Waals surface area (Å²) in [6.45, 7) is 5.03. The average Bonchev–Trinajstić information content (AvgIpc) is 3.56. The zero-order valence-electron chi connectivity index (χ0n) is 24.6. The van der Waals surface area contributed by atoms with E-state index in [4.69, 9.17) is 18.9 Å². The van der Waals surface area contributed by atoms with Crippen LogP contribution < -0.4 is 23.8 Å². The highest BCUT2D eigenvalue weighted by Gasteiger charge is 2.48. The van der Waals surface area contributed by atoms with Gasteiger partial charge in [-0.05, 0) is 73.5 Å². The summed E-state index contributed by atoms with van der Waals surface area (Å²) in [6, 6.07) is 16.4. The number of nitrogens with zero attached hydrogens (tertiary/aromatic N) is 2. The van der Waals surface area contributed by atoms with Crippen LogP contribution >= 0.6 is 11.3 Å². The van der Waals surface area contributed by atoms with Crippen molar-refractivity contribution in [2.45, 2.75) is 39.2 Å². The fourth-order valence-electron chi connectivity index (χ4n) is 5.01. The Morgan fingerprint density at radius 1 is 0.907 bits per heavy atom. The molecule has 10 heteroatoms. The van der Waals surface area contributed by atoms with Gasteiger partial charge in [-0.1, -0.05) is 37.2 Å². The number of carbonyl (C=O) groups excluding carboxylic acids is 2. The molecular formula is C33H34N2O7S. The van der Waals surface area contributed by atoms with E-state index in [2.05, 4.69) is 11.9 Å². The lowest BCUT2D eigenvalue weighted by Gasteiger charge is -2.24. The van der Waals surface area contributed by atoms with E-state index in [0.29, 0.717) is 58.0 Å². The van der Waals surface area contributed by atoms with Gasteiger partial charge in [0.1, 0.15) is 17.3 Å². The van der Waals surface area contributed by atoms with E-state index < -0.39 is 17.7 Å². The second-order valence-corrected chi connectivity index (χ2v) is 10.9. The van der Waals surface area contributed by atoms with E-state index in [-0.39, 0.29) is 11.3 Å². The molecule has 0 spiro atoms. The number of thiazole rings is 1. The van der Waals surface area contributed by atoms with Gasteiger partial charge in [-0.3, -0.25) is 14.5 Å². The molecule has 1 aromatic heterocycles. The molecule has 3 aromatic carbocycles. The van der Waals surface area contributed by atoms with Crippen LogP contribution in [0.25, 0.3) is 16.0 Å². The zero-order chi connectivity index (χ0) is 30.5. The number of ketones is 1. The minimum atomic E-state index is -0.975. The first-order valence-electron chi connectivity index (χ1n) is 14.2. The number of Topliss-reactive ketones (excluding diaryl/α,β-unsaturated/α-hetero) is 1. The minimum absolute atomic E-state index is 0.0512. The third kappa shape index (κ3) is 6.01. The predicted octanol–water partition coefficient (Wildman–Crippen LogP) is 6.91. The number of anilines is 1. The first kappa shape index (κ1) is 29.9. The van der Waals surface area contributed by atoms with Crippen LogP contribution in [0.4, 0.5) is 5.13 Å². The summed E-state index contributed by atoms with van der Waals surface area (Å²) in [6.07, 6.45) is 3.03. The Morgan fingerprint density at radius 2 is 1.67 bits per heavy atom. The maximum Gasteiger partial charge on any atom is 0.301 e. The van der Waals surface area contributed by atoms with E-state index in [1.165, 1.54) is 23.3 Å². The summed E-state index contributed by atoms with van der Waals surface area (Å²) >= 11 is 1.26. The standard InChI is InChI=1S/C33H34N2O7S/c1-5-7-8-17-42-25-16-11-21(18-26(25)40-4)29-28(30(36)20-9-12-22(13-10-20)41-6-2)31(37)32(38)35(29)33-34-24-15-14-23(39-3)19-27(24)43-33/h9-16,18-19,29,36H,5-8,17H2,1-4H3/b30-28+. The third-order valence-electron chi connectivity index (χ3n) is 7.18. The highest BCUT2D eigenvalue weighted by molar-refractivity contribution is 7.22. The van der Waals surface area contributed by atoms with Crippen LogP contribution in [0, 0.1) is 0 Å². The number of aromatic nitrogens is 1. The number of hydrogen-bond acceptors (Lipinski definition) is 9. The Labute approximate surface area is 254 Å². The second-order valence-electron chi connectivity index (χ2n) is 9.92. The van der Waals surface area contributed by atoms with E-state index in [1.807, 2.05) is 13.0 Å². The normalized spacial score (nSPS) is 16.1. The summed E-state index contributed by atoms with van der Waals surface area (Å²) in [5.74, 6) is 0.383. The van der Waals surface area contributed by atoms with Gasteiger partial charge in [0.25, 0.3) is 5.78 Å². The Bertz CT molecular complexity index is 1660. The Hall–Kier alpha value is -4.57. The van der Waals surface area contributed by atoms with Crippen molar-refractivity contribution in [3.63, 3.8) is 0 Å². The van der Waals surface area contributed by atoms with Crippen molar-refractivity contribution >= 4 is 44.1 Å². The first-order valence-corrected chi connectivity index (χ1v) is 15.0. The number of rotatable bonds is 12. The first-order chi connectivity index (χ1) is 20.9. The van der Waals surface area contributed by atoms with Crippen molar-refractivity contribution in [1.82, 2.24) is 4.98 Å². The Kier molecular flexibility index (Phi) is 9.16. The number of hydrogen-bond donors (Lipinski definition) is 1. The Morgan fingerprint density at radius 3 is 2.37 bits per heavy atom. The summed E-state index contributed by atoms with van der Waals surface area (Å²) in [4.78, 5) is 33.4. The van der Waals surface area contributed by atoms with Gasteiger partial charge in [-0.15, -0.1) is 0 Å². The van der Waals surface area contributed by atoms with Crippen molar-refractivity contribution in [2.24, 2.45) is 0 Å². The summed E-state index contributed by atoms with van der Waals surface area (Å²) in [5, 5.41) is 11.9. The van der Waals surface area contributed by atoms with E-state index in [9.17, 15) is 14.7 Å². The number of methoxy groups -OCH3 is 2.